The van der Waals surface area contributed by atoms with E-state index in [0.717, 1.165) is 18.5 Å². The summed E-state index contributed by atoms with van der Waals surface area (Å²) in [7, 11) is 0. The van der Waals surface area contributed by atoms with Crippen LogP contribution in [-0.4, -0.2) is 0 Å². The van der Waals surface area contributed by atoms with Gasteiger partial charge in [0.05, 0.1) is 11.6 Å². The van der Waals surface area contributed by atoms with Crippen molar-refractivity contribution < 1.29 is 0 Å². The van der Waals surface area contributed by atoms with Gasteiger partial charge in [0, 0.05) is 11.4 Å². The van der Waals surface area contributed by atoms with E-state index >= 15 is 0 Å². The minimum Gasteiger partial charge on any atom is -0.355 e. The van der Waals surface area contributed by atoms with E-state index in [9.17, 15) is 0 Å². The van der Waals surface area contributed by atoms with Gasteiger partial charge in [-0.25, -0.2) is 0 Å². The summed E-state index contributed by atoms with van der Waals surface area (Å²) in [5, 5.41) is 12.3. The van der Waals surface area contributed by atoms with Crippen LogP contribution in [0.5, 0.6) is 0 Å². The zero-order chi connectivity index (χ0) is 13.7. The van der Waals surface area contributed by atoms with Crippen LogP contribution in [0.3, 0.4) is 0 Å². The molecule has 0 saturated carbocycles. The lowest BCUT2D eigenvalue weighted by molar-refractivity contribution is 1.09. The van der Waals surface area contributed by atoms with Crippen molar-refractivity contribution in [1.82, 2.24) is 0 Å². The average Bonchev–Trinajstić information content (AvgIpc) is 2.48. The predicted molar refractivity (Wildman–Crippen MR) is 79.6 cm³/mol. The molecule has 2 rings (SSSR count). The van der Waals surface area contributed by atoms with Crippen molar-refractivity contribution in [3.63, 3.8) is 0 Å². The molecule has 19 heavy (non-hydrogen) atoms. The molecule has 2 nitrogen and oxygen atoms in total. The molecule has 0 amide bonds. The summed E-state index contributed by atoms with van der Waals surface area (Å²) in [5.74, 6) is 0. The molecule has 96 valence electrons. The lowest BCUT2D eigenvalue weighted by Crippen LogP contribution is -1.99. The summed E-state index contributed by atoms with van der Waals surface area (Å²) < 4.78 is 0. The zero-order valence-electron chi connectivity index (χ0n) is 11.4. The van der Waals surface area contributed by atoms with Gasteiger partial charge in [0.1, 0.15) is 0 Å². The Morgan fingerprint density at radius 1 is 0.947 bits per heavy atom. The van der Waals surface area contributed by atoms with Gasteiger partial charge >= 0.3 is 0 Å². The Bertz CT molecular complexity index is 569. The first kappa shape index (κ1) is 13.2. The highest BCUT2D eigenvalue weighted by atomic mass is 14.9. The van der Waals surface area contributed by atoms with Crippen molar-refractivity contribution in [1.29, 1.82) is 5.26 Å². The summed E-state index contributed by atoms with van der Waals surface area (Å²) >= 11 is 0. The quantitative estimate of drug-likeness (QED) is 0.871. The van der Waals surface area contributed by atoms with Crippen molar-refractivity contribution in [3.8, 4) is 6.07 Å². The van der Waals surface area contributed by atoms with Crippen molar-refractivity contribution in [3.05, 3.63) is 59.2 Å². The van der Waals surface area contributed by atoms with Crippen molar-refractivity contribution in [2.75, 3.05) is 5.32 Å². The Morgan fingerprint density at radius 3 is 2.00 bits per heavy atom. The second-order valence-corrected chi connectivity index (χ2v) is 4.47. The summed E-state index contributed by atoms with van der Waals surface area (Å²) in [6.45, 7) is 4.33. The molecule has 0 fully saturated rings. The second-order valence-electron chi connectivity index (χ2n) is 4.47. The van der Waals surface area contributed by atoms with E-state index in [-0.39, 0.29) is 0 Å². The molecular formula is C17H18N2. The van der Waals surface area contributed by atoms with Gasteiger partial charge < -0.3 is 5.32 Å². The Morgan fingerprint density at radius 2 is 1.53 bits per heavy atom. The molecule has 0 aliphatic heterocycles. The van der Waals surface area contributed by atoms with Gasteiger partial charge in [0.15, 0.2) is 0 Å². The Balaban J connectivity index is 2.34. The van der Waals surface area contributed by atoms with Gasteiger partial charge in [-0.2, -0.15) is 5.26 Å². The Hall–Kier alpha value is -2.27. The summed E-state index contributed by atoms with van der Waals surface area (Å²) in [6, 6.07) is 16.1. The molecule has 0 aromatic heterocycles. The molecule has 0 aliphatic rings. The van der Waals surface area contributed by atoms with Gasteiger partial charge in [-0.1, -0.05) is 32.0 Å². The number of aryl methyl sites for hydroxylation is 2. The van der Waals surface area contributed by atoms with Gasteiger partial charge in [-0.15, -0.1) is 0 Å². The first-order valence-electron chi connectivity index (χ1n) is 6.66. The summed E-state index contributed by atoms with van der Waals surface area (Å²) in [6.07, 6.45) is 2.01. The standard InChI is InChI=1S/C17H18N2/c1-3-14-6-5-7-15(4-2)17(14)19-16-10-8-13(12-18)9-11-16/h5-11,19H,3-4H2,1-2H3. The van der Waals surface area contributed by atoms with Gasteiger partial charge in [0.25, 0.3) is 0 Å². The van der Waals surface area contributed by atoms with Crippen LogP contribution in [0.25, 0.3) is 0 Å². The van der Waals surface area contributed by atoms with Crippen LogP contribution in [0.4, 0.5) is 11.4 Å². The Kier molecular flexibility index (Phi) is 4.20. The van der Waals surface area contributed by atoms with E-state index in [4.69, 9.17) is 5.26 Å². The SMILES string of the molecule is CCc1cccc(CC)c1Nc1ccc(C#N)cc1. The smallest absolute Gasteiger partial charge is 0.0991 e. The number of rotatable bonds is 4. The van der Waals surface area contributed by atoms with Crippen LogP contribution in [0.1, 0.15) is 30.5 Å². The van der Waals surface area contributed by atoms with E-state index in [0.29, 0.717) is 5.56 Å². The number of para-hydroxylation sites is 1. The first-order valence-corrected chi connectivity index (χ1v) is 6.66. The molecule has 2 heteroatoms. The molecule has 0 unspecified atom stereocenters. The monoisotopic (exact) mass is 250 g/mol. The molecule has 0 saturated heterocycles. The second kappa shape index (κ2) is 6.06. The molecule has 0 bridgehead atoms. The normalized spacial score (nSPS) is 9.95. The maximum atomic E-state index is 8.81. The number of nitrogens with one attached hydrogen (secondary N) is 1. The van der Waals surface area contributed by atoms with Gasteiger partial charge in [-0.3, -0.25) is 0 Å². The number of anilines is 2. The average molecular weight is 250 g/mol. The van der Waals surface area contributed by atoms with E-state index in [1.165, 1.54) is 16.8 Å². The number of nitriles is 1. The highest BCUT2D eigenvalue weighted by Gasteiger charge is 2.06. The lowest BCUT2D eigenvalue weighted by Gasteiger charge is -2.15. The molecule has 2 aromatic carbocycles. The molecule has 0 radical (unpaired) electrons. The van der Waals surface area contributed by atoms with E-state index in [2.05, 4.69) is 43.4 Å². The zero-order valence-corrected chi connectivity index (χ0v) is 11.4. The predicted octanol–water partition coefficient (Wildman–Crippen LogP) is 4.43. The number of benzene rings is 2. The number of nitrogens with zero attached hydrogens (tertiary/aromatic N) is 1. The fraction of sp³-hybridized carbons (Fsp3) is 0.235. The number of hydrogen-bond acceptors (Lipinski definition) is 2. The van der Waals surface area contributed by atoms with Crippen LogP contribution < -0.4 is 5.32 Å². The van der Waals surface area contributed by atoms with Crippen molar-refractivity contribution >= 4 is 11.4 Å². The van der Waals surface area contributed by atoms with Crippen LogP contribution in [0, 0.1) is 11.3 Å². The highest BCUT2D eigenvalue weighted by Crippen LogP contribution is 2.26. The third kappa shape index (κ3) is 2.95. The Labute approximate surface area is 114 Å². The third-order valence-corrected chi connectivity index (χ3v) is 3.28. The van der Waals surface area contributed by atoms with Crippen LogP contribution in [0.2, 0.25) is 0 Å². The molecule has 2 aromatic rings. The van der Waals surface area contributed by atoms with E-state index in [1.807, 2.05) is 24.3 Å². The minimum atomic E-state index is 0.685. The molecule has 0 heterocycles. The molecule has 0 atom stereocenters. The van der Waals surface area contributed by atoms with Gasteiger partial charge in [0.2, 0.25) is 0 Å². The summed E-state index contributed by atoms with van der Waals surface area (Å²) in [4.78, 5) is 0. The fourth-order valence-corrected chi connectivity index (χ4v) is 2.18. The fourth-order valence-electron chi connectivity index (χ4n) is 2.18. The first-order chi connectivity index (χ1) is 9.28. The van der Waals surface area contributed by atoms with Crippen LogP contribution >= 0.6 is 0 Å². The largest absolute Gasteiger partial charge is 0.355 e. The molecule has 0 spiro atoms. The topological polar surface area (TPSA) is 35.8 Å². The minimum absolute atomic E-state index is 0.685. The third-order valence-electron chi connectivity index (χ3n) is 3.28. The van der Waals surface area contributed by atoms with Crippen molar-refractivity contribution in [2.45, 2.75) is 26.7 Å². The van der Waals surface area contributed by atoms with E-state index in [1.54, 1.807) is 0 Å². The number of hydrogen-bond donors (Lipinski definition) is 1. The molecule has 0 aliphatic carbocycles. The maximum absolute atomic E-state index is 8.81. The van der Waals surface area contributed by atoms with E-state index < -0.39 is 0 Å². The maximum Gasteiger partial charge on any atom is 0.0991 e. The summed E-state index contributed by atoms with van der Waals surface area (Å²) in [5.41, 5.74) is 5.56. The van der Waals surface area contributed by atoms with Crippen LogP contribution in [-0.2, 0) is 12.8 Å². The molecular weight excluding hydrogens is 232 g/mol. The lowest BCUT2D eigenvalue weighted by atomic mass is 10.0. The van der Waals surface area contributed by atoms with Crippen molar-refractivity contribution in [2.24, 2.45) is 0 Å². The van der Waals surface area contributed by atoms with Crippen LogP contribution in [0.15, 0.2) is 42.5 Å². The van der Waals surface area contributed by atoms with Gasteiger partial charge in [-0.05, 0) is 48.2 Å². The molecule has 1 N–H and O–H groups in total. The highest BCUT2D eigenvalue weighted by molar-refractivity contribution is 5.67.